The Hall–Kier alpha value is -2.40. The van der Waals surface area contributed by atoms with E-state index in [1.165, 1.54) is 18.2 Å². The lowest BCUT2D eigenvalue weighted by Crippen LogP contribution is -1.97. The Morgan fingerprint density at radius 1 is 1.25 bits per heavy atom. The van der Waals surface area contributed by atoms with Crippen LogP contribution in [0, 0.1) is 17.0 Å². The fraction of sp³-hybridized carbons (Fsp3) is 0.0714. The third kappa shape index (κ3) is 2.78. The van der Waals surface area contributed by atoms with Crippen molar-refractivity contribution in [2.24, 2.45) is 0 Å². The van der Waals surface area contributed by atoms with Gasteiger partial charge in [0.1, 0.15) is 5.75 Å². The maximum atomic E-state index is 11.1. The normalized spacial score (nSPS) is 10.1. The zero-order valence-corrected chi connectivity index (χ0v) is 11.3. The molecule has 0 bridgehead atoms. The number of carbonyl (C=O) groups excluding carboxylic acids is 1. The Morgan fingerprint density at radius 2 is 2.00 bits per heavy atom. The molecule has 0 aromatic heterocycles. The third-order valence-corrected chi connectivity index (χ3v) is 2.94. The minimum absolute atomic E-state index is 0.0698. The van der Waals surface area contributed by atoms with Crippen LogP contribution in [-0.2, 0) is 0 Å². The SMILES string of the molecule is Cc1cccc(Oc2cc(Cl)ccc2C=O)c1[N+](=O)[O-]. The molecule has 0 fully saturated rings. The molecule has 0 aliphatic heterocycles. The molecule has 5 nitrogen and oxygen atoms in total. The molecule has 2 rings (SSSR count). The van der Waals surface area contributed by atoms with Gasteiger partial charge < -0.3 is 4.74 Å². The minimum atomic E-state index is -0.518. The lowest BCUT2D eigenvalue weighted by molar-refractivity contribution is -0.386. The van der Waals surface area contributed by atoms with Crippen LogP contribution in [-0.4, -0.2) is 11.2 Å². The van der Waals surface area contributed by atoms with Gasteiger partial charge in [-0.05, 0) is 25.1 Å². The van der Waals surface area contributed by atoms with Crippen LogP contribution >= 0.6 is 11.6 Å². The molecule has 20 heavy (non-hydrogen) atoms. The van der Waals surface area contributed by atoms with E-state index in [-0.39, 0.29) is 22.7 Å². The van der Waals surface area contributed by atoms with Gasteiger partial charge in [-0.3, -0.25) is 14.9 Å². The second-order valence-electron chi connectivity index (χ2n) is 4.08. The average Bonchev–Trinajstić information content (AvgIpc) is 2.38. The first kappa shape index (κ1) is 14.0. The van der Waals surface area contributed by atoms with E-state index < -0.39 is 4.92 Å². The molecule has 2 aromatic rings. The van der Waals surface area contributed by atoms with Gasteiger partial charge in [-0.25, -0.2) is 0 Å². The highest BCUT2D eigenvalue weighted by atomic mass is 35.5. The predicted octanol–water partition coefficient (Wildman–Crippen LogP) is 4.16. The van der Waals surface area contributed by atoms with Gasteiger partial charge in [-0.1, -0.05) is 23.7 Å². The van der Waals surface area contributed by atoms with Crippen LogP contribution < -0.4 is 4.74 Å². The molecule has 0 heterocycles. The van der Waals surface area contributed by atoms with Crippen molar-refractivity contribution in [2.45, 2.75) is 6.92 Å². The summed E-state index contributed by atoms with van der Waals surface area (Å²) in [6, 6.07) is 9.21. The van der Waals surface area contributed by atoms with Crippen LogP contribution in [0.15, 0.2) is 36.4 Å². The van der Waals surface area contributed by atoms with E-state index in [1.54, 1.807) is 25.1 Å². The van der Waals surface area contributed by atoms with E-state index >= 15 is 0 Å². The number of hydrogen-bond donors (Lipinski definition) is 0. The summed E-state index contributed by atoms with van der Waals surface area (Å²) in [7, 11) is 0. The quantitative estimate of drug-likeness (QED) is 0.482. The number of nitro groups is 1. The summed E-state index contributed by atoms with van der Waals surface area (Å²) in [5.74, 6) is 0.251. The molecular weight excluding hydrogens is 282 g/mol. The van der Waals surface area contributed by atoms with Gasteiger partial charge in [-0.2, -0.15) is 0 Å². The summed E-state index contributed by atoms with van der Waals surface area (Å²) < 4.78 is 5.50. The summed E-state index contributed by atoms with van der Waals surface area (Å²) in [6.45, 7) is 1.61. The minimum Gasteiger partial charge on any atom is -0.449 e. The zero-order chi connectivity index (χ0) is 14.7. The van der Waals surface area contributed by atoms with Crippen LogP contribution in [0.1, 0.15) is 15.9 Å². The molecule has 2 aromatic carbocycles. The number of para-hydroxylation sites is 1. The standard InChI is InChI=1S/C14H10ClNO4/c1-9-3-2-4-12(14(9)16(18)19)20-13-7-11(15)6-5-10(13)8-17/h2-8H,1H3. The smallest absolute Gasteiger partial charge is 0.314 e. The molecule has 0 aliphatic rings. The molecule has 0 amide bonds. The number of aryl methyl sites for hydroxylation is 1. The Kier molecular flexibility index (Phi) is 4.00. The highest BCUT2D eigenvalue weighted by molar-refractivity contribution is 6.30. The lowest BCUT2D eigenvalue weighted by Gasteiger charge is -2.09. The molecule has 102 valence electrons. The lowest BCUT2D eigenvalue weighted by atomic mass is 10.2. The fourth-order valence-corrected chi connectivity index (χ4v) is 1.92. The largest absolute Gasteiger partial charge is 0.449 e. The third-order valence-electron chi connectivity index (χ3n) is 2.71. The van der Waals surface area contributed by atoms with Crippen molar-refractivity contribution in [3.05, 3.63) is 62.7 Å². The predicted molar refractivity (Wildman–Crippen MR) is 74.7 cm³/mol. The average molecular weight is 292 g/mol. The summed E-state index contributed by atoms with van der Waals surface area (Å²) in [6.07, 6.45) is 0.604. The van der Waals surface area contributed by atoms with Crippen LogP contribution in [0.3, 0.4) is 0 Å². The van der Waals surface area contributed by atoms with Crippen molar-refractivity contribution >= 4 is 23.6 Å². The van der Waals surface area contributed by atoms with Gasteiger partial charge in [0.25, 0.3) is 0 Å². The molecule has 0 aliphatic carbocycles. The van der Waals surface area contributed by atoms with E-state index in [0.717, 1.165) is 0 Å². The second kappa shape index (κ2) is 5.71. The molecule has 0 N–H and O–H groups in total. The molecule has 0 saturated carbocycles. The Balaban J connectivity index is 2.50. The van der Waals surface area contributed by atoms with Crippen LogP contribution in [0.2, 0.25) is 5.02 Å². The summed E-state index contributed by atoms with van der Waals surface area (Å²) in [5.41, 5.74) is 0.608. The van der Waals surface area contributed by atoms with E-state index in [0.29, 0.717) is 16.9 Å². The topological polar surface area (TPSA) is 69.4 Å². The molecule has 0 radical (unpaired) electrons. The molecule has 0 atom stereocenters. The van der Waals surface area contributed by atoms with Gasteiger partial charge in [0.05, 0.1) is 10.5 Å². The van der Waals surface area contributed by atoms with E-state index in [4.69, 9.17) is 16.3 Å². The highest BCUT2D eigenvalue weighted by Gasteiger charge is 2.19. The van der Waals surface area contributed by atoms with Crippen molar-refractivity contribution in [1.82, 2.24) is 0 Å². The number of carbonyl (C=O) groups is 1. The fourth-order valence-electron chi connectivity index (χ4n) is 1.76. The maximum absolute atomic E-state index is 11.1. The first-order chi connectivity index (χ1) is 9.52. The molecular formula is C14H10ClNO4. The van der Waals surface area contributed by atoms with Crippen molar-refractivity contribution in [1.29, 1.82) is 0 Å². The summed E-state index contributed by atoms with van der Waals surface area (Å²) >= 11 is 5.84. The molecule has 0 unspecified atom stereocenters. The molecule has 0 spiro atoms. The second-order valence-corrected chi connectivity index (χ2v) is 4.52. The first-order valence-corrected chi connectivity index (χ1v) is 6.07. The van der Waals surface area contributed by atoms with Crippen molar-refractivity contribution in [3.63, 3.8) is 0 Å². The number of nitro benzene ring substituents is 1. The molecule has 6 heteroatoms. The van der Waals surface area contributed by atoms with Crippen molar-refractivity contribution in [2.75, 3.05) is 0 Å². The Morgan fingerprint density at radius 3 is 2.65 bits per heavy atom. The van der Waals surface area contributed by atoms with Crippen LogP contribution in [0.5, 0.6) is 11.5 Å². The van der Waals surface area contributed by atoms with E-state index in [9.17, 15) is 14.9 Å². The van der Waals surface area contributed by atoms with Crippen LogP contribution in [0.4, 0.5) is 5.69 Å². The number of benzene rings is 2. The van der Waals surface area contributed by atoms with E-state index in [1.807, 2.05) is 0 Å². The maximum Gasteiger partial charge on any atom is 0.314 e. The van der Waals surface area contributed by atoms with Gasteiger partial charge in [-0.15, -0.1) is 0 Å². The van der Waals surface area contributed by atoms with Gasteiger partial charge in [0.2, 0.25) is 5.75 Å². The number of hydrogen-bond acceptors (Lipinski definition) is 4. The Bertz CT molecular complexity index is 685. The number of halogens is 1. The highest BCUT2D eigenvalue weighted by Crippen LogP contribution is 2.35. The number of rotatable bonds is 4. The van der Waals surface area contributed by atoms with Crippen molar-refractivity contribution in [3.8, 4) is 11.5 Å². The van der Waals surface area contributed by atoms with Crippen LogP contribution in [0.25, 0.3) is 0 Å². The number of ether oxygens (including phenoxy) is 1. The van der Waals surface area contributed by atoms with Crippen molar-refractivity contribution < 1.29 is 14.5 Å². The van der Waals surface area contributed by atoms with Gasteiger partial charge in [0.15, 0.2) is 6.29 Å². The molecule has 0 saturated heterocycles. The van der Waals surface area contributed by atoms with Gasteiger partial charge >= 0.3 is 5.69 Å². The zero-order valence-electron chi connectivity index (χ0n) is 10.5. The Labute approximate surface area is 119 Å². The monoisotopic (exact) mass is 291 g/mol. The first-order valence-electron chi connectivity index (χ1n) is 5.69. The number of aldehydes is 1. The van der Waals surface area contributed by atoms with E-state index in [2.05, 4.69) is 0 Å². The summed E-state index contributed by atoms with van der Waals surface area (Å²) in [5, 5.41) is 11.5. The summed E-state index contributed by atoms with van der Waals surface area (Å²) in [4.78, 5) is 21.5. The number of nitrogens with zero attached hydrogens (tertiary/aromatic N) is 1. The van der Waals surface area contributed by atoms with Gasteiger partial charge in [0, 0.05) is 16.7 Å².